The topological polar surface area (TPSA) is 67.8 Å². The quantitative estimate of drug-likeness (QED) is 0.492. The van der Waals surface area contributed by atoms with Gasteiger partial charge in [-0.15, -0.1) is 0 Å². The molecule has 0 bridgehead atoms. The number of hydrogen-bond donors (Lipinski definition) is 2. The van der Waals surface area contributed by atoms with E-state index in [2.05, 4.69) is 5.10 Å². The highest BCUT2D eigenvalue weighted by Crippen LogP contribution is 2.25. The van der Waals surface area contributed by atoms with Gasteiger partial charge in [0.05, 0.1) is 7.11 Å². The Bertz CT molecular complexity index is 565. The molecule has 0 heterocycles. The zero-order chi connectivity index (χ0) is 13.0. The summed E-state index contributed by atoms with van der Waals surface area (Å²) in [5.41, 5.74) is 1.96. The van der Waals surface area contributed by atoms with E-state index < -0.39 is 0 Å². The van der Waals surface area contributed by atoms with Crippen molar-refractivity contribution >= 4 is 5.71 Å². The molecule has 0 saturated carbocycles. The molecule has 0 spiro atoms. The molecule has 0 fully saturated rings. The van der Waals surface area contributed by atoms with Crippen LogP contribution in [0, 0.1) is 0 Å². The van der Waals surface area contributed by atoms with Crippen molar-refractivity contribution in [2.45, 2.75) is 0 Å². The number of rotatable bonds is 3. The number of phenolic OH excluding ortho intramolecular Hbond substituents is 1. The lowest BCUT2D eigenvalue weighted by atomic mass is 10.0. The van der Waals surface area contributed by atoms with Gasteiger partial charge in [0.1, 0.15) is 17.2 Å². The van der Waals surface area contributed by atoms with Gasteiger partial charge in [-0.1, -0.05) is 30.3 Å². The van der Waals surface area contributed by atoms with E-state index in [1.807, 2.05) is 30.3 Å². The second-order valence-corrected chi connectivity index (χ2v) is 3.73. The number of phenols is 1. The number of hydrazone groups is 1. The maximum absolute atomic E-state index is 9.97. The second kappa shape index (κ2) is 5.23. The molecule has 92 valence electrons. The molecule has 0 aliphatic rings. The first-order chi connectivity index (χ1) is 8.76. The van der Waals surface area contributed by atoms with Gasteiger partial charge in [0, 0.05) is 17.2 Å². The van der Waals surface area contributed by atoms with Crippen LogP contribution in [-0.4, -0.2) is 17.9 Å². The van der Waals surface area contributed by atoms with E-state index in [1.54, 1.807) is 19.2 Å². The SMILES string of the molecule is COc1ccc(/C(=N\N)c2ccccc2)c(O)c1. The standard InChI is InChI=1S/C14H14N2O2/c1-18-11-7-8-12(13(17)9-11)14(16-15)10-5-3-2-4-6-10/h2-9,17H,15H2,1H3/b16-14-. The maximum atomic E-state index is 9.97. The maximum Gasteiger partial charge on any atom is 0.128 e. The Morgan fingerprint density at radius 3 is 2.44 bits per heavy atom. The highest BCUT2D eigenvalue weighted by Gasteiger charge is 2.11. The molecule has 0 radical (unpaired) electrons. The fraction of sp³-hybridized carbons (Fsp3) is 0.0714. The summed E-state index contributed by atoms with van der Waals surface area (Å²) in [6, 6.07) is 14.5. The van der Waals surface area contributed by atoms with Crippen LogP contribution in [0.2, 0.25) is 0 Å². The molecule has 0 saturated heterocycles. The zero-order valence-electron chi connectivity index (χ0n) is 10.00. The van der Waals surface area contributed by atoms with Crippen LogP contribution in [-0.2, 0) is 0 Å². The number of aromatic hydroxyl groups is 1. The Morgan fingerprint density at radius 1 is 1.17 bits per heavy atom. The lowest BCUT2D eigenvalue weighted by Gasteiger charge is -2.09. The van der Waals surface area contributed by atoms with Gasteiger partial charge in [-0.2, -0.15) is 5.10 Å². The molecule has 2 aromatic carbocycles. The monoisotopic (exact) mass is 242 g/mol. The number of nitrogens with two attached hydrogens (primary N) is 1. The van der Waals surface area contributed by atoms with Crippen LogP contribution in [0.5, 0.6) is 11.5 Å². The van der Waals surface area contributed by atoms with E-state index >= 15 is 0 Å². The Balaban J connectivity index is 2.47. The fourth-order valence-electron chi connectivity index (χ4n) is 1.73. The minimum absolute atomic E-state index is 0.0856. The van der Waals surface area contributed by atoms with Gasteiger partial charge in [0.25, 0.3) is 0 Å². The van der Waals surface area contributed by atoms with Crippen molar-refractivity contribution in [2.75, 3.05) is 7.11 Å². The molecule has 4 heteroatoms. The summed E-state index contributed by atoms with van der Waals surface area (Å²) in [5, 5.41) is 13.7. The number of methoxy groups -OCH3 is 1. The van der Waals surface area contributed by atoms with Crippen LogP contribution in [0.15, 0.2) is 53.6 Å². The van der Waals surface area contributed by atoms with E-state index in [9.17, 15) is 5.11 Å². The van der Waals surface area contributed by atoms with Crippen LogP contribution in [0.25, 0.3) is 0 Å². The second-order valence-electron chi connectivity index (χ2n) is 3.73. The summed E-state index contributed by atoms with van der Waals surface area (Å²) < 4.78 is 5.04. The highest BCUT2D eigenvalue weighted by molar-refractivity contribution is 6.14. The average molecular weight is 242 g/mol. The van der Waals surface area contributed by atoms with E-state index in [4.69, 9.17) is 10.6 Å². The van der Waals surface area contributed by atoms with Crippen molar-refractivity contribution in [3.8, 4) is 11.5 Å². The summed E-state index contributed by atoms with van der Waals surface area (Å²) in [6.07, 6.45) is 0. The molecule has 2 aromatic rings. The first-order valence-corrected chi connectivity index (χ1v) is 5.47. The summed E-state index contributed by atoms with van der Waals surface area (Å²) in [7, 11) is 1.55. The summed E-state index contributed by atoms with van der Waals surface area (Å²) in [6.45, 7) is 0. The lowest BCUT2D eigenvalue weighted by Crippen LogP contribution is -2.06. The van der Waals surface area contributed by atoms with Gasteiger partial charge in [0.15, 0.2) is 0 Å². The highest BCUT2D eigenvalue weighted by atomic mass is 16.5. The van der Waals surface area contributed by atoms with Gasteiger partial charge < -0.3 is 15.7 Å². The average Bonchev–Trinajstić information content (AvgIpc) is 2.42. The Labute approximate surface area is 105 Å². The number of nitrogens with zero attached hydrogens (tertiary/aromatic N) is 1. The van der Waals surface area contributed by atoms with E-state index in [0.717, 1.165) is 5.56 Å². The molecule has 3 N–H and O–H groups in total. The summed E-state index contributed by atoms with van der Waals surface area (Å²) >= 11 is 0. The minimum Gasteiger partial charge on any atom is -0.507 e. The van der Waals surface area contributed by atoms with Crippen LogP contribution in [0.1, 0.15) is 11.1 Å². The molecular formula is C14H14N2O2. The van der Waals surface area contributed by atoms with Crippen LogP contribution in [0.4, 0.5) is 0 Å². The van der Waals surface area contributed by atoms with Gasteiger partial charge in [0.2, 0.25) is 0 Å². The largest absolute Gasteiger partial charge is 0.507 e. The predicted molar refractivity (Wildman–Crippen MR) is 70.9 cm³/mol. The molecule has 4 nitrogen and oxygen atoms in total. The molecule has 0 atom stereocenters. The first kappa shape index (κ1) is 12.0. The normalized spacial score (nSPS) is 11.3. The fourth-order valence-corrected chi connectivity index (χ4v) is 1.73. The molecule has 0 aromatic heterocycles. The summed E-state index contributed by atoms with van der Waals surface area (Å²) in [4.78, 5) is 0. The lowest BCUT2D eigenvalue weighted by molar-refractivity contribution is 0.407. The number of hydrogen-bond acceptors (Lipinski definition) is 4. The third-order valence-electron chi connectivity index (χ3n) is 2.64. The molecule has 0 aliphatic heterocycles. The Hall–Kier alpha value is -2.49. The van der Waals surface area contributed by atoms with Crippen molar-refractivity contribution in [1.82, 2.24) is 0 Å². The molecule has 2 rings (SSSR count). The van der Waals surface area contributed by atoms with Gasteiger partial charge in [-0.05, 0) is 12.1 Å². The number of benzene rings is 2. The molecule has 18 heavy (non-hydrogen) atoms. The number of ether oxygens (including phenoxy) is 1. The van der Waals surface area contributed by atoms with E-state index in [-0.39, 0.29) is 5.75 Å². The molecule has 0 aliphatic carbocycles. The van der Waals surface area contributed by atoms with Crippen LogP contribution < -0.4 is 10.6 Å². The van der Waals surface area contributed by atoms with Gasteiger partial charge >= 0.3 is 0 Å². The third-order valence-corrected chi connectivity index (χ3v) is 2.64. The molecule has 0 amide bonds. The summed E-state index contributed by atoms with van der Waals surface area (Å²) in [5.74, 6) is 6.09. The van der Waals surface area contributed by atoms with Crippen LogP contribution in [0.3, 0.4) is 0 Å². The van der Waals surface area contributed by atoms with E-state index in [0.29, 0.717) is 17.0 Å². The first-order valence-electron chi connectivity index (χ1n) is 5.47. The molecule has 0 unspecified atom stereocenters. The van der Waals surface area contributed by atoms with Gasteiger partial charge in [-0.25, -0.2) is 0 Å². The smallest absolute Gasteiger partial charge is 0.128 e. The minimum atomic E-state index is 0.0856. The van der Waals surface area contributed by atoms with Crippen molar-refractivity contribution in [3.63, 3.8) is 0 Å². The van der Waals surface area contributed by atoms with Crippen molar-refractivity contribution in [2.24, 2.45) is 10.9 Å². The predicted octanol–water partition coefficient (Wildman–Crippen LogP) is 2.11. The van der Waals surface area contributed by atoms with E-state index in [1.165, 1.54) is 6.07 Å². The third kappa shape index (κ3) is 2.27. The molecular weight excluding hydrogens is 228 g/mol. The Morgan fingerprint density at radius 2 is 1.89 bits per heavy atom. The van der Waals surface area contributed by atoms with Crippen molar-refractivity contribution in [3.05, 3.63) is 59.7 Å². The Kier molecular flexibility index (Phi) is 3.48. The van der Waals surface area contributed by atoms with Crippen LogP contribution >= 0.6 is 0 Å². The van der Waals surface area contributed by atoms with Gasteiger partial charge in [-0.3, -0.25) is 0 Å². The van der Waals surface area contributed by atoms with Crippen molar-refractivity contribution < 1.29 is 9.84 Å². The zero-order valence-corrected chi connectivity index (χ0v) is 10.00. The van der Waals surface area contributed by atoms with Crippen molar-refractivity contribution in [1.29, 1.82) is 0 Å².